The monoisotopic (exact) mass is 377 g/mol. The number of rotatable bonds is 6. The van der Waals surface area contributed by atoms with Gasteiger partial charge < -0.3 is 14.7 Å². The van der Waals surface area contributed by atoms with Gasteiger partial charge in [0.05, 0.1) is 12.7 Å². The van der Waals surface area contributed by atoms with Gasteiger partial charge in [0.1, 0.15) is 11.3 Å². The van der Waals surface area contributed by atoms with Gasteiger partial charge in [-0.25, -0.2) is 0 Å². The Hall–Kier alpha value is -2.63. The summed E-state index contributed by atoms with van der Waals surface area (Å²) in [5.41, 5.74) is 2.46. The Labute approximate surface area is 166 Å². The zero-order valence-electron chi connectivity index (χ0n) is 16.5. The summed E-state index contributed by atoms with van der Waals surface area (Å²) in [6.07, 6.45) is 2.58. The summed E-state index contributed by atoms with van der Waals surface area (Å²) in [6.45, 7) is 3.04. The number of fused-ring (bicyclic) bond motifs is 1. The van der Waals surface area contributed by atoms with Crippen molar-refractivity contribution in [1.82, 2.24) is 9.88 Å². The Morgan fingerprint density at radius 1 is 1.14 bits per heavy atom. The number of nitrogens with zero attached hydrogens (tertiary/aromatic N) is 3. The lowest BCUT2D eigenvalue weighted by atomic mass is 10.0. The molecule has 1 N–H and O–H groups in total. The third kappa shape index (κ3) is 3.81. The van der Waals surface area contributed by atoms with E-state index in [0.29, 0.717) is 13.1 Å². The molecule has 28 heavy (non-hydrogen) atoms. The Morgan fingerprint density at radius 3 is 2.75 bits per heavy atom. The molecule has 1 atom stereocenters. The van der Waals surface area contributed by atoms with Crippen LogP contribution in [0.4, 0.5) is 5.69 Å². The highest BCUT2D eigenvalue weighted by Crippen LogP contribution is 2.32. The van der Waals surface area contributed by atoms with Crippen molar-refractivity contribution in [2.45, 2.75) is 18.6 Å². The van der Waals surface area contributed by atoms with Crippen LogP contribution >= 0.6 is 0 Å². The summed E-state index contributed by atoms with van der Waals surface area (Å²) < 4.78 is 5.45. The SMILES string of the molecule is COc1cccc2c(N(C)CC3(O)CCN(Cc4ccccc4)C3)ccnc12. The Morgan fingerprint density at radius 2 is 1.96 bits per heavy atom. The predicted octanol–water partition coefficient (Wildman–Crippen LogP) is 3.32. The van der Waals surface area contributed by atoms with Gasteiger partial charge in [-0.3, -0.25) is 9.88 Å². The van der Waals surface area contributed by atoms with Gasteiger partial charge in [0, 0.05) is 50.5 Å². The lowest BCUT2D eigenvalue weighted by molar-refractivity contribution is 0.0563. The molecule has 4 rings (SSSR count). The van der Waals surface area contributed by atoms with E-state index in [4.69, 9.17) is 4.74 Å². The molecule has 1 aliphatic rings. The van der Waals surface area contributed by atoms with Crippen LogP contribution in [-0.4, -0.2) is 54.4 Å². The van der Waals surface area contributed by atoms with Gasteiger partial charge in [0.15, 0.2) is 0 Å². The summed E-state index contributed by atoms with van der Waals surface area (Å²) >= 11 is 0. The van der Waals surface area contributed by atoms with Crippen LogP contribution in [0.1, 0.15) is 12.0 Å². The number of hydrogen-bond donors (Lipinski definition) is 1. The zero-order valence-corrected chi connectivity index (χ0v) is 16.5. The number of methoxy groups -OCH3 is 1. The van der Waals surface area contributed by atoms with E-state index in [2.05, 4.69) is 45.1 Å². The van der Waals surface area contributed by atoms with E-state index < -0.39 is 5.60 Å². The van der Waals surface area contributed by atoms with Gasteiger partial charge in [-0.15, -0.1) is 0 Å². The average molecular weight is 377 g/mol. The second-order valence-corrected chi connectivity index (χ2v) is 7.71. The van der Waals surface area contributed by atoms with Crippen LogP contribution in [0.2, 0.25) is 0 Å². The fourth-order valence-corrected chi connectivity index (χ4v) is 4.20. The van der Waals surface area contributed by atoms with Crippen LogP contribution < -0.4 is 9.64 Å². The van der Waals surface area contributed by atoms with Crippen LogP contribution in [-0.2, 0) is 6.54 Å². The maximum Gasteiger partial charge on any atom is 0.145 e. The summed E-state index contributed by atoms with van der Waals surface area (Å²) in [4.78, 5) is 8.95. The number of aromatic nitrogens is 1. The van der Waals surface area contributed by atoms with Crippen LogP contribution in [0, 0.1) is 0 Å². The molecule has 5 nitrogen and oxygen atoms in total. The molecule has 1 aromatic heterocycles. The van der Waals surface area contributed by atoms with E-state index in [0.717, 1.165) is 41.9 Å². The molecule has 5 heteroatoms. The van der Waals surface area contributed by atoms with Gasteiger partial charge in [0.25, 0.3) is 0 Å². The molecule has 146 valence electrons. The standard InChI is InChI=1S/C23H27N3O2/c1-25(20-11-13-24-22-19(20)9-6-10-21(22)28-2)16-23(27)12-14-26(17-23)15-18-7-4-3-5-8-18/h3-11,13,27H,12,14-17H2,1-2H3. The molecule has 2 heterocycles. The molecule has 0 spiro atoms. The topological polar surface area (TPSA) is 48.8 Å². The van der Waals surface area contributed by atoms with E-state index in [1.165, 1.54) is 5.56 Å². The van der Waals surface area contributed by atoms with Crippen molar-refractivity contribution in [3.05, 3.63) is 66.4 Å². The Kier molecular flexibility index (Phi) is 5.20. The highest BCUT2D eigenvalue weighted by molar-refractivity contribution is 5.95. The molecule has 0 amide bonds. The van der Waals surface area contributed by atoms with Crippen LogP contribution in [0.5, 0.6) is 5.75 Å². The fraction of sp³-hybridized carbons (Fsp3) is 0.348. The number of anilines is 1. The van der Waals surface area contributed by atoms with E-state index in [1.807, 2.05) is 31.3 Å². The molecule has 0 aliphatic carbocycles. The lowest BCUT2D eigenvalue weighted by Crippen LogP contribution is -2.43. The molecule has 0 radical (unpaired) electrons. The number of benzene rings is 2. The minimum absolute atomic E-state index is 0.578. The Balaban J connectivity index is 1.49. The largest absolute Gasteiger partial charge is 0.494 e. The third-order valence-electron chi connectivity index (χ3n) is 5.53. The fourth-order valence-electron chi connectivity index (χ4n) is 4.20. The minimum Gasteiger partial charge on any atom is -0.494 e. The van der Waals surface area contributed by atoms with Crippen molar-refractivity contribution < 1.29 is 9.84 Å². The number of likely N-dealkylation sites (tertiary alicyclic amines) is 1. The third-order valence-corrected chi connectivity index (χ3v) is 5.53. The van der Waals surface area contributed by atoms with E-state index in [1.54, 1.807) is 13.3 Å². The summed E-state index contributed by atoms with van der Waals surface area (Å²) in [7, 11) is 3.70. The maximum absolute atomic E-state index is 11.2. The lowest BCUT2D eigenvalue weighted by Gasteiger charge is -2.31. The van der Waals surface area contributed by atoms with Crippen molar-refractivity contribution >= 4 is 16.6 Å². The van der Waals surface area contributed by atoms with Gasteiger partial charge in [0.2, 0.25) is 0 Å². The van der Waals surface area contributed by atoms with Gasteiger partial charge in [-0.1, -0.05) is 42.5 Å². The second-order valence-electron chi connectivity index (χ2n) is 7.71. The Bertz CT molecular complexity index is 947. The van der Waals surface area contributed by atoms with Crippen molar-refractivity contribution in [2.24, 2.45) is 0 Å². The molecule has 3 aromatic rings. The number of hydrogen-bond acceptors (Lipinski definition) is 5. The normalized spacial score (nSPS) is 19.8. The van der Waals surface area contributed by atoms with Crippen molar-refractivity contribution in [3.8, 4) is 5.75 Å². The molecule has 0 bridgehead atoms. The summed E-state index contributed by atoms with van der Waals surface area (Å²) in [5, 5.41) is 12.3. The van der Waals surface area contributed by atoms with Crippen molar-refractivity contribution in [3.63, 3.8) is 0 Å². The zero-order chi connectivity index (χ0) is 19.6. The van der Waals surface area contributed by atoms with Gasteiger partial charge in [-0.05, 0) is 24.1 Å². The molecule has 1 unspecified atom stereocenters. The number of aliphatic hydroxyl groups is 1. The average Bonchev–Trinajstić information content (AvgIpc) is 3.07. The van der Waals surface area contributed by atoms with Gasteiger partial charge >= 0.3 is 0 Å². The second kappa shape index (κ2) is 7.78. The maximum atomic E-state index is 11.2. The van der Waals surface area contributed by atoms with E-state index in [-0.39, 0.29) is 0 Å². The first-order chi connectivity index (χ1) is 13.6. The molecular formula is C23H27N3O2. The first kappa shape index (κ1) is 18.7. The number of likely N-dealkylation sites (N-methyl/N-ethyl adjacent to an activating group) is 1. The number of β-amino-alcohol motifs (C(OH)–C–C–N with tert-alkyl or cyclic N) is 1. The highest BCUT2D eigenvalue weighted by atomic mass is 16.5. The van der Waals surface area contributed by atoms with Crippen molar-refractivity contribution in [2.75, 3.05) is 38.7 Å². The van der Waals surface area contributed by atoms with Crippen molar-refractivity contribution in [1.29, 1.82) is 0 Å². The molecule has 0 saturated carbocycles. The quantitative estimate of drug-likeness (QED) is 0.714. The first-order valence-electron chi connectivity index (χ1n) is 9.69. The highest BCUT2D eigenvalue weighted by Gasteiger charge is 2.37. The van der Waals surface area contributed by atoms with Crippen LogP contribution in [0.15, 0.2) is 60.8 Å². The number of para-hydroxylation sites is 1. The van der Waals surface area contributed by atoms with E-state index >= 15 is 0 Å². The molecule has 1 saturated heterocycles. The summed E-state index contributed by atoms with van der Waals surface area (Å²) in [5.74, 6) is 0.765. The molecule has 1 fully saturated rings. The van der Waals surface area contributed by atoms with Crippen LogP contribution in [0.25, 0.3) is 10.9 Å². The molecule has 2 aromatic carbocycles. The molecular weight excluding hydrogens is 350 g/mol. The van der Waals surface area contributed by atoms with E-state index in [9.17, 15) is 5.11 Å². The number of ether oxygens (including phenoxy) is 1. The summed E-state index contributed by atoms with van der Waals surface area (Å²) in [6, 6.07) is 18.4. The predicted molar refractivity (Wildman–Crippen MR) is 113 cm³/mol. The molecule has 1 aliphatic heterocycles. The first-order valence-corrected chi connectivity index (χ1v) is 9.69. The van der Waals surface area contributed by atoms with Crippen LogP contribution in [0.3, 0.4) is 0 Å². The number of pyridine rings is 1. The minimum atomic E-state index is -0.724. The van der Waals surface area contributed by atoms with Gasteiger partial charge in [-0.2, -0.15) is 0 Å². The smallest absolute Gasteiger partial charge is 0.145 e.